The molecule has 0 aliphatic rings. The number of nitriles is 1. The van der Waals surface area contributed by atoms with E-state index in [0.717, 1.165) is 0 Å². The molecule has 0 fully saturated rings. The van der Waals surface area contributed by atoms with Crippen LogP contribution >= 0.6 is 15.9 Å². The van der Waals surface area contributed by atoms with Crippen molar-refractivity contribution in [1.29, 1.82) is 5.26 Å². The zero-order chi connectivity index (χ0) is 10.6. The number of rotatable bonds is 3. The second kappa shape index (κ2) is 4.82. The largest absolute Gasteiger partial charge is 0.457 e. The van der Waals surface area contributed by atoms with Crippen LogP contribution in [0, 0.1) is 11.3 Å². The highest BCUT2D eigenvalue weighted by molar-refractivity contribution is 9.10. The van der Waals surface area contributed by atoms with E-state index in [1.807, 2.05) is 6.07 Å². The van der Waals surface area contributed by atoms with Crippen molar-refractivity contribution < 1.29 is 9.21 Å². The molecule has 0 aromatic carbocycles. The Kier molecular flexibility index (Phi) is 3.72. The Bertz CT molecular complexity index is 367. The minimum absolute atomic E-state index is 0.152. The Morgan fingerprint density at radius 2 is 2.50 bits per heavy atom. The average molecular weight is 257 g/mol. The summed E-state index contributed by atoms with van der Waals surface area (Å²) in [6, 6.07) is 3.58. The van der Waals surface area contributed by atoms with Crippen molar-refractivity contribution in [1.82, 2.24) is 4.90 Å². The third-order valence-corrected chi connectivity index (χ3v) is 2.37. The molecule has 1 aromatic heterocycles. The summed E-state index contributed by atoms with van der Waals surface area (Å²) >= 11 is 3.12. The van der Waals surface area contributed by atoms with Crippen LogP contribution in [0.5, 0.6) is 0 Å². The Morgan fingerprint density at radius 1 is 1.79 bits per heavy atom. The zero-order valence-electron chi connectivity index (χ0n) is 7.66. The van der Waals surface area contributed by atoms with Crippen LogP contribution in [0.2, 0.25) is 0 Å². The molecule has 0 saturated carbocycles. The van der Waals surface area contributed by atoms with E-state index in [4.69, 9.17) is 9.68 Å². The molecule has 0 N–H and O–H groups in total. The molecule has 0 radical (unpaired) electrons. The van der Waals surface area contributed by atoms with Gasteiger partial charge in [0.1, 0.15) is 0 Å². The molecule has 0 atom stereocenters. The highest BCUT2D eigenvalue weighted by atomic mass is 79.9. The van der Waals surface area contributed by atoms with E-state index in [1.54, 1.807) is 13.1 Å². The average Bonchev–Trinajstić information content (AvgIpc) is 2.59. The number of carbonyl (C=O) groups excluding carboxylic acids is 1. The molecule has 0 bridgehead atoms. The van der Waals surface area contributed by atoms with Gasteiger partial charge in [-0.3, -0.25) is 4.79 Å². The third-order valence-electron chi connectivity index (χ3n) is 1.75. The summed E-state index contributed by atoms with van der Waals surface area (Å²) in [5.74, 6) is -0.152. The summed E-state index contributed by atoms with van der Waals surface area (Å²) in [6.45, 7) is 0.424. The highest BCUT2D eigenvalue weighted by Gasteiger charge is 2.16. The quantitative estimate of drug-likeness (QED) is 0.832. The predicted molar refractivity (Wildman–Crippen MR) is 53.6 cm³/mol. The SMILES string of the molecule is CN(CCC#N)C(=O)c1ccoc1Br. The summed E-state index contributed by atoms with van der Waals surface area (Å²) in [4.78, 5) is 13.1. The molecule has 0 saturated heterocycles. The van der Waals surface area contributed by atoms with Gasteiger partial charge in [-0.05, 0) is 22.0 Å². The molecule has 1 aromatic rings. The number of carbonyl (C=O) groups is 1. The number of furan rings is 1. The monoisotopic (exact) mass is 256 g/mol. The van der Waals surface area contributed by atoms with Crippen molar-refractivity contribution in [2.24, 2.45) is 0 Å². The van der Waals surface area contributed by atoms with E-state index >= 15 is 0 Å². The Morgan fingerprint density at radius 3 is 3.00 bits per heavy atom. The van der Waals surface area contributed by atoms with Crippen LogP contribution in [0.3, 0.4) is 0 Å². The van der Waals surface area contributed by atoms with Crippen molar-refractivity contribution >= 4 is 21.8 Å². The summed E-state index contributed by atoms with van der Waals surface area (Å²) < 4.78 is 5.37. The second-order valence-electron chi connectivity index (χ2n) is 2.74. The molecule has 1 amide bonds. The lowest BCUT2D eigenvalue weighted by atomic mass is 10.3. The van der Waals surface area contributed by atoms with Gasteiger partial charge in [0, 0.05) is 13.6 Å². The number of hydrogen-bond donors (Lipinski definition) is 0. The molecule has 1 heterocycles. The van der Waals surface area contributed by atoms with Crippen LogP contribution in [0.15, 0.2) is 21.4 Å². The molecule has 5 heteroatoms. The summed E-state index contributed by atoms with van der Waals surface area (Å²) in [5, 5.41) is 8.37. The molecule has 0 aliphatic carbocycles. The first kappa shape index (κ1) is 10.8. The van der Waals surface area contributed by atoms with Crippen LogP contribution in [-0.2, 0) is 0 Å². The molecular formula is C9H9BrN2O2. The highest BCUT2D eigenvalue weighted by Crippen LogP contribution is 2.18. The van der Waals surface area contributed by atoms with Crippen LogP contribution in [0.1, 0.15) is 16.8 Å². The van der Waals surface area contributed by atoms with Crippen LogP contribution < -0.4 is 0 Å². The molecule has 0 unspecified atom stereocenters. The van der Waals surface area contributed by atoms with E-state index in [2.05, 4.69) is 15.9 Å². The Labute approximate surface area is 90.2 Å². The lowest BCUT2D eigenvalue weighted by molar-refractivity contribution is 0.0796. The fourth-order valence-electron chi connectivity index (χ4n) is 0.971. The maximum atomic E-state index is 11.7. The Hall–Kier alpha value is -1.28. The Balaban J connectivity index is 2.67. The molecule has 0 spiro atoms. The first-order valence-electron chi connectivity index (χ1n) is 4.02. The van der Waals surface area contributed by atoms with Gasteiger partial charge in [-0.25, -0.2) is 0 Å². The molecule has 1 rings (SSSR count). The first-order chi connectivity index (χ1) is 6.66. The zero-order valence-corrected chi connectivity index (χ0v) is 9.24. The van der Waals surface area contributed by atoms with Gasteiger partial charge in [0.15, 0.2) is 4.67 Å². The van der Waals surface area contributed by atoms with Crippen LogP contribution in [0.4, 0.5) is 0 Å². The maximum Gasteiger partial charge on any atom is 0.258 e. The van der Waals surface area contributed by atoms with Crippen molar-refractivity contribution in [3.8, 4) is 6.07 Å². The molecule has 4 nitrogen and oxygen atoms in total. The minimum Gasteiger partial charge on any atom is -0.457 e. The molecule has 0 aliphatic heterocycles. The van der Waals surface area contributed by atoms with Gasteiger partial charge in [0.05, 0.1) is 24.3 Å². The number of hydrogen-bond acceptors (Lipinski definition) is 3. The van der Waals surface area contributed by atoms with Gasteiger partial charge in [0.2, 0.25) is 0 Å². The van der Waals surface area contributed by atoms with Crippen molar-refractivity contribution in [2.45, 2.75) is 6.42 Å². The smallest absolute Gasteiger partial charge is 0.258 e. The van der Waals surface area contributed by atoms with Crippen LogP contribution in [0.25, 0.3) is 0 Å². The fraction of sp³-hybridized carbons (Fsp3) is 0.333. The topological polar surface area (TPSA) is 57.2 Å². The van der Waals surface area contributed by atoms with Crippen molar-refractivity contribution in [3.63, 3.8) is 0 Å². The molecule has 74 valence electrons. The van der Waals surface area contributed by atoms with Crippen LogP contribution in [-0.4, -0.2) is 24.4 Å². The lowest BCUT2D eigenvalue weighted by Crippen LogP contribution is -2.27. The number of amides is 1. The summed E-state index contributed by atoms with van der Waals surface area (Å²) in [5.41, 5.74) is 0.477. The second-order valence-corrected chi connectivity index (χ2v) is 3.46. The van der Waals surface area contributed by atoms with Gasteiger partial charge >= 0.3 is 0 Å². The van der Waals surface area contributed by atoms with Crippen molar-refractivity contribution in [2.75, 3.05) is 13.6 Å². The third kappa shape index (κ3) is 2.36. The number of nitrogens with zero attached hydrogens (tertiary/aromatic N) is 2. The molecule has 14 heavy (non-hydrogen) atoms. The maximum absolute atomic E-state index is 11.7. The van der Waals surface area contributed by atoms with Gasteiger partial charge < -0.3 is 9.32 Å². The standard InChI is InChI=1S/C9H9BrN2O2/c1-12(5-2-4-11)9(13)7-3-6-14-8(7)10/h3,6H,2,5H2,1H3. The van der Waals surface area contributed by atoms with Gasteiger partial charge in [-0.1, -0.05) is 0 Å². The summed E-state index contributed by atoms with van der Waals surface area (Å²) in [6.07, 6.45) is 1.77. The van der Waals surface area contributed by atoms with E-state index in [1.165, 1.54) is 11.2 Å². The van der Waals surface area contributed by atoms with Gasteiger partial charge in [0.25, 0.3) is 5.91 Å². The lowest BCUT2D eigenvalue weighted by Gasteiger charge is -2.13. The van der Waals surface area contributed by atoms with E-state index < -0.39 is 0 Å². The van der Waals surface area contributed by atoms with E-state index in [9.17, 15) is 4.79 Å². The number of halogens is 1. The fourth-order valence-corrected chi connectivity index (χ4v) is 1.38. The van der Waals surface area contributed by atoms with Gasteiger partial charge in [-0.15, -0.1) is 0 Å². The summed E-state index contributed by atoms with van der Waals surface area (Å²) in [7, 11) is 1.65. The van der Waals surface area contributed by atoms with E-state index in [-0.39, 0.29) is 5.91 Å². The molecular weight excluding hydrogens is 248 g/mol. The normalized spacial score (nSPS) is 9.50. The minimum atomic E-state index is -0.152. The first-order valence-corrected chi connectivity index (χ1v) is 4.81. The van der Waals surface area contributed by atoms with Crippen molar-refractivity contribution in [3.05, 3.63) is 22.6 Å². The van der Waals surface area contributed by atoms with E-state index in [0.29, 0.717) is 23.2 Å². The van der Waals surface area contributed by atoms with Gasteiger partial charge in [-0.2, -0.15) is 5.26 Å². The predicted octanol–water partition coefficient (Wildman–Crippen LogP) is 2.03.